The van der Waals surface area contributed by atoms with Crippen LogP contribution < -0.4 is 0 Å². The molecule has 0 aliphatic heterocycles. The normalized spacial score (nSPS) is 10.8. The van der Waals surface area contributed by atoms with Gasteiger partial charge in [-0.05, 0) is 41.9 Å². The molecule has 0 N–H and O–H groups in total. The van der Waals surface area contributed by atoms with Gasteiger partial charge < -0.3 is 0 Å². The highest BCUT2D eigenvalue weighted by Gasteiger charge is 2.18. The van der Waals surface area contributed by atoms with Gasteiger partial charge in [0, 0.05) is 0 Å². The highest BCUT2D eigenvalue weighted by atomic mass is 79.9. The maximum absolute atomic E-state index is 5.38. The van der Waals surface area contributed by atoms with Crippen LogP contribution in [0.2, 0.25) is 0 Å². The molecular formula is C10H10BrN. The fourth-order valence-electron chi connectivity index (χ4n) is 0.830. The van der Waals surface area contributed by atoms with Gasteiger partial charge in [-0.2, -0.15) is 0 Å². The van der Waals surface area contributed by atoms with Crippen LogP contribution in [0.15, 0.2) is 22.8 Å². The summed E-state index contributed by atoms with van der Waals surface area (Å²) >= 11 is 3.30. The lowest BCUT2D eigenvalue weighted by Crippen LogP contribution is -2.15. The molecule has 62 valence electrons. The molecular weight excluding hydrogens is 214 g/mol. The number of hydrogen-bond acceptors (Lipinski definition) is 1. The van der Waals surface area contributed by atoms with E-state index in [4.69, 9.17) is 6.42 Å². The molecule has 1 aromatic heterocycles. The van der Waals surface area contributed by atoms with Crippen molar-refractivity contribution < 1.29 is 0 Å². The van der Waals surface area contributed by atoms with E-state index in [9.17, 15) is 0 Å². The number of rotatable bonds is 1. The Kier molecular flexibility index (Phi) is 2.54. The summed E-state index contributed by atoms with van der Waals surface area (Å²) in [7, 11) is 0. The van der Waals surface area contributed by atoms with Gasteiger partial charge in [0.2, 0.25) is 0 Å². The average molecular weight is 224 g/mol. The molecule has 1 nitrogen and oxygen atoms in total. The first-order valence-electron chi connectivity index (χ1n) is 3.67. The van der Waals surface area contributed by atoms with Crippen molar-refractivity contribution in [3.05, 3.63) is 28.5 Å². The Balaban J connectivity index is 3.14. The van der Waals surface area contributed by atoms with Crippen molar-refractivity contribution in [3.63, 3.8) is 0 Å². The van der Waals surface area contributed by atoms with E-state index in [1.807, 2.05) is 32.0 Å². The summed E-state index contributed by atoms with van der Waals surface area (Å²) in [6.07, 6.45) is 5.38. The molecule has 0 fully saturated rings. The van der Waals surface area contributed by atoms with E-state index < -0.39 is 0 Å². The maximum atomic E-state index is 5.38. The Bertz CT molecular complexity index is 323. The Labute approximate surface area is 81.3 Å². The lowest BCUT2D eigenvalue weighted by molar-refractivity contribution is 0.668. The molecule has 0 saturated heterocycles. The minimum Gasteiger partial charge on any atom is -0.244 e. The molecule has 0 unspecified atom stereocenters. The van der Waals surface area contributed by atoms with E-state index in [-0.39, 0.29) is 5.41 Å². The van der Waals surface area contributed by atoms with Crippen molar-refractivity contribution in [1.82, 2.24) is 4.98 Å². The van der Waals surface area contributed by atoms with Gasteiger partial charge in [-0.3, -0.25) is 0 Å². The minimum absolute atomic E-state index is 0.288. The van der Waals surface area contributed by atoms with E-state index in [2.05, 4.69) is 26.8 Å². The maximum Gasteiger partial charge on any atom is 0.106 e. The lowest BCUT2D eigenvalue weighted by Gasteiger charge is -2.16. The van der Waals surface area contributed by atoms with Crippen LogP contribution in [-0.4, -0.2) is 4.98 Å². The summed E-state index contributed by atoms with van der Waals surface area (Å²) in [6.45, 7) is 3.95. The molecule has 0 aliphatic carbocycles. The standard InChI is InChI=1S/C10H10BrN/c1-4-10(2,3)8-6-5-7-9(11)12-8/h1,5-7H,2-3H3. The molecule has 1 heterocycles. The number of halogens is 1. The van der Waals surface area contributed by atoms with Gasteiger partial charge in [0.15, 0.2) is 0 Å². The van der Waals surface area contributed by atoms with Crippen LogP contribution in [0.3, 0.4) is 0 Å². The number of terminal acetylenes is 1. The Morgan fingerprint density at radius 3 is 2.67 bits per heavy atom. The zero-order chi connectivity index (χ0) is 9.19. The zero-order valence-electron chi connectivity index (χ0n) is 7.13. The summed E-state index contributed by atoms with van der Waals surface area (Å²) in [5, 5.41) is 0. The average Bonchev–Trinajstić information content (AvgIpc) is 2.05. The van der Waals surface area contributed by atoms with Gasteiger partial charge in [0.1, 0.15) is 4.60 Å². The second kappa shape index (κ2) is 3.28. The third-order valence-electron chi connectivity index (χ3n) is 1.72. The third kappa shape index (κ3) is 1.86. The monoisotopic (exact) mass is 223 g/mol. The Hall–Kier alpha value is -0.810. The van der Waals surface area contributed by atoms with Crippen LogP contribution in [0.4, 0.5) is 0 Å². The number of nitrogens with zero attached hydrogens (tertiary/aromatic N) is 1. The first-order valence-corrected chi connectivity index (χ1v) is 4.46. The SMILES string of the molecule is C#CC(C)(C)c1cccc(Br)n1. The molecule has 0 radical (unpaired) electrons. The van der Waals surface area contributed by atoms with Crippen molar-refractivity contribution in [2.24, 2.45) is 0 Å². The van der Waals surface area contributed by atoms with Crippen molar-refractivity contribution in [1.29, 1.82) is 0 Å². The van der Waals surface area contributed by atoms with Crippen molar-refractivity contribution in [2.75, 3.05) is 0 Å². The van der Waals surface area contributed by atoms with Gasteiger partial charge >= 0.3 is 0 Å². The van der Waals surface area contributed by atoms with Crippen LogP contribution in [0.25, 0.3) is 0 Å². The topological polar surface area (TPSA) is 12.9 Å². The van der Waals surface area contributed by atoms with Crippen LogP contribution in [0.1, 0.15) is 19.5 Å². The summed E-state index contributed by atoms with van der Waals surface area (Å²) in [5.74, 6) is 2.70. The molecule has 2 heteroatoms. The fraction of sp³-hybridized carbons (Fsp3) is 0.300. The molecule has 0 aromatic carbocycles. The molecule has 0 bridgehead atoms. The van der Waals surface area contributed by atoms with E-state index in [1.165, 1.54) is 0 Å². The highest BCUT2D eigenvalue weighted by Crippen LogP contribution is 2.21. The van der Waals surface area contributed by atoms with Gasteiger partial charge in [0.05, 0.1) is 11.1 Å². The van der Waals surface area contributed by atoms with Crippen LogP contribution in [0.5, 0.6) is 0 Å². The zero-order valence-corrected chi connectivity index (χ0v) is 8.72. The Morgan fingerprint density at radius 2 is 2.17 bits per heavy atom. The molecule has 1 rings (SSSR count). The number of hydrogen-bond donors (Lipinski definition) is 0. The lowest BCUT2D eigenvalue weighted by atomic mass is 9.90. The fourth-order valence-corrected chi connectivity index (χ4v) is 1.17. The second-order valence-electron chi connectivity index (χ2n) is 3.11. The van der Waals surface area contributed by atoms with Gasteiger partial charge in [-0.15, -0.1) is 6.42 Å². The smallest absolute Gasteiger partial charge is 0.106 e. The summed E-state index contributed by atoms with van der Waals surface area (Å²) in [4.78, 5) is 4.29. The molecule has 0 spiro atoms. The van der Waals surface area contributed by atoms with Crippen LogP contribution in [-0.2, 0) is 5.41 Å². The molecule has 0 amide bonds. The quantitative estimate of drug-likeness (QED) is 0.528. The van der Waals surface area contributed by atoms with E-state index in [0.717, 1.165) is 10.3 Å². The minimum atomic E-state index is -0.288. The van der Waals surface area contributed by atoms with Crippen LogP contribution >= 0.6 is 15.9 Å². The second-order valence-corrected chi connectivity index (χ2v) is 3.93. The molecule has 1 aromatic rings. The molecule has 12 heavy (non-hydrogen) atoms. The molecule has 0 atom stereocenters. The first kappa shape index (κ1) is 9.28. The van der Waals surface area contributed by atoms with Crippen molar-refractivity contribution >= 4 is 15.9 Å². The van der Waals surface area contributed by atoms with Gasteiger partial charge in [-0.1, -0.05) is 12.0 Å². The Morgan fingerprint density at radius 1 is 1.50 bits per heavy atom. The van der Waals surface area contributed by atoms with Gasteiger partial charge in [-0.25, -0.2) is 4.98 Å². The highest BCUT2D eigenvalue weighted by molar-refractivity contribution is 9.10. The molecule has 0 saturated carbocycles. The van der Waals surface area contributed by atoms with Crippen molar-refractivity contribution in [3.8, 4) is 12.3 Å². The summed E-state index contributed by atoms with van der Waals surface area (Å²) in [5.41, 5.74) is 0.628. The van der Waals surface area contributed by atoms with Gasteiger partial charge in [0.25, 0.3) is 0 Å². The van der Waals surface area contributed by atoms with Crippen LogP contribution in [0, 0.1) is 12.3 Å². The molecule has 0 aliphatic rings. The number of aromatic nitrogens is 1. The summed E-state index contributed by atoms with van der Waals surface area (Å²) in [6, 6.07) is 5.76. The summed E-state index contributed by atoms with van der Waals surface area (Å²) < 4.78 is 0.823. The van der Waals surface area contributed by atoms with Crippen molar-refractivity contribution in [2.45, 2.75) is 19.3 Å². The predicted molar refractivity (Wildman–Crippen MR) is 53.8 cm³/mol. The largest absolute Gasteiger partial charge is 0.244 e. The third-order valence-corrected chi connectivity index (χ3v) is 2.16. The van der Waals surface area contributed by atoms with E-state index in [0.29, 0.717) is 0 Å². The van der Waals surface area contributed by atoms with E-state index in [1.54, 1.807) is 0 Å². The predicted octanol–water partition coefficient (Wildman–Crippen LogP) is 2.75. The first-order chi connectivity index (χ1) is 5.56. The van der Waals surface area contributed by atoms with E-state index >= 15 is 0 Å². The number of pyridine rings is 1.